The number of fused-ring (bicyclic) bond motifs is 3. The number of hydrogen-bond acceptors (Lipinski definition) is 4. The molecule has 4 heteroatoms. The molecule has 144 valence electrons. The molecule has 0 aromatic heterocycles. The molecule has 0 heterocycles. The lowest BCUT2D eigenvalue weighted by Crippen LogP contribution is -2.00. The quantitative estimate of drug-likeness (QED) is 0.428. The Hall–Kier alpha value is -3.71. The van der Waals surface area contributed by atoms with E-state index in [1.54, 1.807) is 21.3 Å². The predicted molar refractivity (Wildman–Crippen MR) is 115 cm³/mol. The van der Waals surface area contributed by atoms with Gasteiger partial charge in [-0.2, -0.15) is 5.26 Å². The lowest BCUT2D eigenvalue weighted by atomic mass is 9.89. The third-order valence-corrected chi connectivity index (χ3v) is 5.26. The minimum Gasteiger partial charge on any atom is -0.493 e. The summed E-state index contributed by atoms with van der Waals surface area (Å²) < 4.78 is 16.4. The fraction of sp³-hybridized carbons (Fsp3) is 0.160. The molecule has 4 rings (SSSR count). The van der Waals surface area contributed by atoms with Crippen molar-refractivity contribution in [2.45, 2.75) is 6.42 Å². The van der Waals surface area contributed by atoms with Gasteiger partial charge in [-0.15, -0.1) is 0 Å². The zero-order valence-electron chi connectivity index (χ0n) is 16.7. The molecule has 0 amide bonds. The molecule has 0 N–H and O–H groups in total. The van der Waals surface area contributed by atoms with Crippen molar-refractivity contribution in [1.82, 2.24) is 0 Å². The molecule has 29 heavy (non-hydrogen) atoms. The lowest BCUT2D eigenvalue weighted by molar-refractivity contribution is 0.324. The zero-order valence-corrected chi connectivity index (χ0v) is 16.7. The lowest BCUT2D eigenvalue weighted by Gasteiger charge is -2.16. The molecule has 0 fully saturated rings. The van der Waals surface area contributed by atoms with E-state index >= 15 is 0 Å². The first kappa shape index (κ1) is 18.6. The Labute approximate surface area is 169 Å². The Morgan fingerprint density at radius 1 is 0.724 bits per heavy atom. The van der Waals surface area contributed by atoms with Crippen molar-refractivity contribution < 1.29 is 14.2 Å². The van der Waals surface area contributed by atoms with Gasteiger partial charge in [0.05, 0.1) is 26.9 Å². The van der Waals surface area contributed by atoms with E-state index in [-0.39, 0.29) is 0 Å². The van der Waals surface area contributed by atoms with Gasteiger partial charge in [0.1, 0.15) is 6.07 Å². The molecule has 0 aliphatic carbocycles. The van der Waals surface area contributed by atoms with Crippen LogP contribution in [0.3, 0.4) is 0 Å². The van der Waals surface area contributed by atoms with Crippen LogP contribution in [0, 0.1) is 11.3 Å². The average Bonchev–Trinajstić information content (AvgIpc) is 2.78. The first-order valence-corrected chi connectivity index (χ1v) is 9.33. The maximum absolute atomic E-state index is 10.0. The first-order chi connectivity index (χ1) is 14.2. The number of hydrogen-bond donors (Lipinski definition) is 0. The molecule has 4 nitrogen and oxygen atoms in total. The summed E-state index contributed by atoms with van der Waals surface area (Å²) in [6, 6.07) is 22.6. The van der Waals surface area contributed by atoms with Crippen molar-refractivity contribution in [3.05, 3.63) is 77.4 Å². The van der Waals surface area contributed by atoms with Crippen LogP contribution < -0.4 is 14.2 Å². The maximum atomic E-state index is 10.0. The van der Waals surface area contributed by atoms with Crippen molar-refractivity contribution in [3.8, 4) is 23.3 Å². The highest BCUT2D eigenvalue weighted by molar-refractivity contribution is 6.11. The number of nitrogens with zero attached hydrogens (tertiary/aromatic N) is 1. The molecule has 4 aromatic carbocycles. The van der Waals surface area contributed by atoms with Crippen LogP contribution in [0.5, 0.6) is 17.2 Å². The summed E-state index contributed by atoms with van der Waals surface area (Å²) in [6.07, 6.45) is 0.574. The van der Waals surface area contributed by atoms with Gasteiger partial charge < -0.3 is 14.2 Å². The minimum absolute atomic E-state index is 0.558. The Kier molecular flexibility index (Phi) is 4.97. The van der Waals surface area contributed by atoms with E-state index in [0.717, 1.165) is 32.7 Å². The minimum atomic E-state index is 0.558. The highest BCUT2D eigenvalue weighted by Gasteiger charge is 2.17. The molecule has 0 aliphatic heterocycles. The Morgan fingerprint density at radius 2 is 1.24 bits per heavy atom. The van der Waals surface area contributed by atoms with Gasteiger partial charge in [-0.3, -0.25) is 0 Å². The van der Waals surface area contributed by atoms with Crippen LogP contribution in [0.1, 0.15) is 16.7 Å². The summed E-state index contributed by atoms with van der Waals surface area (Å²) in [5.41, 5.74) is 2.68. The normalized spacial score (nSPS) is 10.7. The van der Waals surface area contributed by atoms with Gasteiger partial charge in [0.25, 0.3) is 0 Å². The molecule has 0 atom stereocenters. The van der Waals surface area contributed by atoms with Gasteiger partial charge in [-0.1, -0.05) is 48.5 Å². The summed E-state index contributed by atoms with van der Waals surface area (Å²) in [4.78, 5) is 0. The highest BCUT2D eigenvalue weighted by Crippen LogP contribution is 2.40. The van der Waals surface area contributed by atoms with Crippen LogP contribution in [0.25, 0.3) is 21.5 Å². The monoisotopic (exact) mass is 383 g/mol. The molecule has 0 unspecified atom stereocenters. The second-order valence-corrected chi connectivity index (χ2v) is 6.77. The van der Waals surface area contributed by atoms with E-state index in [9.17, 15) is 5.26 Å². The van der Waals surface area contributed by atoms with Crippen LogP contribution in [-0.2, 0) is 6.42 Å². The Morgan fingerprint density at radius 3 is 1.76 bits per heavy atom. The number of methoxy groups -OCH3 is 3. The van der Waals surface area contributed by atoms with Gasteiger partial charge >= 0.3 is 0 Å². The highest BCUT2D eigenvalue weighted by atomic mass is 16.5. The van der Waals surface area contributed by atoms with Gasteiger partial charge in [0, 0.05) is 5.39 Å². The van der Waals surface area contributed by atoms with E-state index in [2.05, 4.69) is 24.3 Å². The van der Waals surface area contributed by atoms with Gasteiger partial charge in [-0.05, 0) is 45.8 Å². The van der Waals surface area contributed by atoms with Crippen molar-refractivity contribution in [2.75, 3.05) is 21.3 Å². The molecule has 0 aliphatic rings. The van der Waals surface area contributed by atoms with Crippen molar-refractivity contribution in [1.29, 1.82) is 5.26 Å². The van der Waals surface area contributed by atoms with E-state index in [0.29, 0.717) is 29.2 Å². The number of ether oxygens (including phenoxy) is 3. The zero-order chi connectivity index (χ0) is 20.4. The van der Waals surface area contributed by atoms with Crippen LogP contribution in [0.15, 0.2) is 60.7 Å². The van der Waals surface area contributed by atoms with Gasteiger partial charge in [0.2, 0.25) is 5.75 Å². The van der Waals surface area contributed by atoms with Crippen LogP contribution in [0.2, 0.25) is 0 Å². The fourth-order valence-corrected chi connectivity index (χ4v) is 3.97. The number of benzene rings is 4. The van der Waals surface area contributed by atoms with Gasteiger partial charge in [-0.25, -0.2) is 0 Å². The fourth-order valence-electron chi connectivity index (χ4n) is 3.97. The summed E-state index contributed by atoms with van der Waals surface area (Å²) in [7, 11) is 4.80. The smallest absolute Gasteiger partial charge is 0.203 e. The Bertz CT molecular complexity index is 1230. The van der Waals surface area contributed by atoms with E-state index in [1.807, 2.05) is 42.5 Å². The molecule has 0 saturated carbocycles. The van der Waals surface area contributed by atoms with E-state index in [4.69, 9.17) is 14.2 Å². The number of nitriles is 1. The molecular formula is C25H21NO3. The molecule has 4 aromatic rings. The van der Waals surface area contributed by atoms with E-state index < -0.39 is 0 Å². The molecule has 0 radical (unpaired) electrons. The van der Waals surface area contributed by atoms with Crippen molar-refractivity contribution in [2.24, 2.45) is 0 Å². The summed E-state index contributed by atoms with van der Waals surface area (Å²) in [5, 5.41) is 14.3. The topological polar surface area (TPSA) is 51.5 Å². The van der Waals surface area contributed by atoms with Crippen molar-refractivity contribution in [3.63, 3.8) is 0 Å². The number of rotatable bonds is 5. The third kappa shape index (κ3) is 3.11. The summed E-state index contributed by atoms with van der Waals surface area (Å²) in [5.74, 6) is 1.76. The summed E-state index contributed by atoms with van der Waals surface area (Å²) in [6.45, 7) is 0. The van der Waals surface area contributed by atoms with Crippen molar-refractivity contribution >= 4 is 21.5 Å². The van der Waals surface area contributed by atoms with Crippen LogP contribution >= 0.6 is 0 Å². The second-order valence-electron chi connectivity index (χ2n) is 6.77. The maximum Gasteiger partial charge on any atom is 0.203 e. The first-order valence-electron chi connectivity index (χ1n) is 9.33. The summed E-state index contributed by atoms with van der Waals surface area (Å²) >= 11 is 0. The molecule has 0 spiro atoms. The Balaban J connectivity index is 1.99. The van der Waals surface area contributed by atoms with Gasteiger partial charge in [0.15, 0.2) is 11.5 Å². The largest absolute Gasteiger partial charge is 0.493 e. The third-order valence-electron chi connectivity index (χ3n) is 5.26. The van der Waals surface area contributed by atoms with E-state index in [1.165, 1.54) is 0 Å². The average molecular weight is 383 g/mol. The molecule has 0 bridgehead atoms. The SMILES string of the molecule is COc1cc(Cc2c(C#N)c3ccccc3c3ccccc23)cc(OC)c1OC. The predicted octanol–water partition coefficient (Wildman–Crippen LogP) is 5.48. The van der Waals surface area contributed by atoms with Crippen LogP contribution in [-0.4, -0.2) is 21.3 Å². The second kappa shape index (κ2) is 7.73. The molecular weight excluding hydrogens is 362 g/mol. The van der Waals surface area contributed by atoms with Crippen LogP contribution in [0.4, 0.5) is 0 Å². The standard InChI is InChI=1S/C25H21NO3/c1-27-23-13-16(14-24(28-2)25(23)29-3)12-21-19-10-6-4-8-17(19)18-9-5-7-11-20(18)22(21)15-26/h4-11,13-14H,12H2,1-3H3. The molecule has 0 saturated heterocycles.